The van der Waals surface area contributed by atoms with Crippen molar-refractivity contribution in [2.75, 3.05) is 14.2 Å². The summed E-state index contributed by atoms with van der Waals surface area (Å²) in [6.07, 6.45) is 8.90. The van der Waals surface area contributed by atoms with Gasteiger partial charge in [-0.2, -0.15) is 5.10 Å². The van der Waals surface area contributed by atoms with Crippen LogP contribution in [0.3, 0.4) is 0 Å². The number of fused-ring (bicyclic) bond motifs is 1. The van der Waals surface area contributed by atoms with Gasteiger partial charge < -0.3 is 9.84 Å². The van der Waals surface area contributed by atoms with Crippen LogP contribution in [0, 0.1) is 0 Å². The average molecular weight is 309 g/mol. The fraction of sp³-hybridized carbons (Fsp3) is 0.562. The Hall–Kier alpha value is -1.95. The molecule has 1 unspecified atom stereocenters. The van der Waals surface area contributed by atoms with Crippen LogP contribution in [0.5, 0.6) is 0 Å². The van der Waals surface area contributed by atoms with E-state index < -0.39 is 0 Å². The van der Waals surface area contributed by atoms with E-state index in [-0.39, 0.29) is 0 Å². The summed E-state index contributed by atoms with van der Waals surface area (Å²) >= 11 is 0. The van der Waals surface area contributed by atoms with Crippen molar-refractivity contribution in [3.05, 3.63) is 30.2 Å². The Labute approximate surface area is 132 Å². The van der Waals surface area contributed by atoms with Gasteiger partial charge in [-0.3, -0.25) is 4.79 Å². The van der Waals surface area contributed by atoms with E-state index in [0.717, 1.165) is 12.8 Å². The molecule has 6 nitrogen and oxygen atoms in total. The zero-order chi connectivity index (χ0) is 16.8. The van der Waals surface area contributed by atoms with Gasteiger partial charge in [0.05, 0.1) is 13.3 Å². The fourth-order valence-corrected chi connectivity index (χ4v) is 1.95. The molecule has 0 spiro atoms. The quantitative estimate of drug-likeness (QED) is 0.656. The summed E-state index contributed by atoms with van der Waals surface area (Å²) in [5, 5.41) is 11.1. The predicted molar refractivity (Wildman–Crippen MR) is 86.8 cm³/mol. The van der Waals surface area contributed by atoms with Crippen LogP contribution in [-0.2, 0) is 9.53 Å². The molecule has 124 valence electrons. The summed E-state index contributed by atoms with van der Waals surface area (Å²) < 4.78 is 5.67. The Balaban J connectivity index is 0.000000640. The van der Waals surface area contributed by atoms with Gasteiger partial charge in [0.1, 0.15) is 0 Å². The van der Waals surface area contributed by atoms with Crippen molar-refractivity contribution in [3.8, 4) is 0 Å². The molecule has 2 rings (SSSR count). The monoisotopic (exact) mass is 309 g/mol. The number of carbonyl (C=O) groups is 1. The number of carbonyl (C=O) groups excluding carboxylic acids is 1. The lowest BCUT2D eigenvalue weighted by atomic mass is 10.00. The highest BCUT2D eigenvalue weighted by Crippen LogP contribution is 2.20. The van der Waals surface area contributed by atoms with Crippen molar-refractivity contribution in [1.29, 1.82) is 0 Å². The molecule has 2 heterocycles. The second-order valence-electron chi connectivity index (χ2n) is 4.72. The number of hydrogen-bond donors (Lipinski definition) is 1. The Morgan fingerprint density at radius 2 is 2.05 bits per heavy atom. The smallest absolute Gasteiger partial charge is 0.292 e. The first kappa shape index (κ1) is 20.1. The van der Waals surface area contributed by atoms with Gasteiger partial charge in [0.2, 0.25) is 0 Å². The summed E-state index contributed by atoms with van der Waals surface area (Å²) in [5.74, 6) is 0.548. The van der Waals surface area contributed by atoms with E-state index in [0.29, 0.717) is 12.4 Å². The maximum Gasteiger partial charge on any atom is 0.292 e. The van der Waals surface area contributed by atoms with Gasteiger partial charge in [-0.15, -0.1) is 0 Å². The van der Waals surface area contributed by atoms with E-state index in [1.807, 2.05) is 16.8 Å². The maximum absolute atomic E-state index is 8.95. The highest BCUT2D eigenvalue weighted by Gasteiger charge is 2.07. The lowest BCUT2D eigenvalue weighted by Crippen LogP contribution is -2.00. The van der Waals surface area contributed by atoms with Crippen molar-refractivity contribution < 1.29 is 14.6 Å². The highest BCUT2D eigenvalue weighted by atomic mass is 16.5. The third-order valence-electron chi connectivity index (χ3n) is 3.12. The molecular weight excluding hydrogens is 282 g/mol. The summed E-state index contributed by atoms with van der Waals surface area (Å²) in [7, 11) is 2.31. The molecular formula is C16H27N3O3. The second-order valence-corrected chi connectivity index (χ2v) is 4.72. The maximum atomic E-state index is 8.95. The van der Waals surface area contributed by atoms with Crippen LogP contribution in [0.1, 0.15) is 51.1 Å². The van der Waals surface area contributed by atoms with Crippen molar-refractivity contribution in [2.45, 2.75) is 45.4 Å². The first-order valence-corrected chi connectivity index (χ1v) is 7.44. The van der Waals surface area contributed by atoms with Crippen molar-refractivity contribution in [2.24, 2.45) is 0 Å². The zero-order valence-corrected chi connectivity index (χ0v) is 13.9. The van der Waals surface area contributed by atoms with Crippen LogP contribution in [0.15, 0.2) is 24.5 Å². The lowest BCUT2D eigenvalue weighted by molar-refractivity contribution is -0.126. The van der Waals surface area contributed by atoms with Crippen molar-refractivity contribution >= 4 is 12.1 Å². The number of unbranched alkanes of at least 4 members (excludes halogenated alkanes) is 2. The SMILES string of the molecule is CCCCCC(C)c1ccn2nccc2n1.CO.COC=O. The topological polar surface area (TPSA) is 76.7 Å². The lowest BCUT2D eigenvalue weighted by Gasteiger charge is -2.10. The molecule has 1 N–H and O–H groups in total. The van der Waals surface area contributed by atoms with Gasteiger partial charge in [-0.1, -0.05) is 33.1 Å². The van der Waals surface area contributed by atoms with Gasteiger partial charge in [0.25, 0.3) is 6.47 Å². The Kier molecular flexibility index (Phi) is 11.6. The minimum atomic E-state index is 0.375. The van der Waals surface area contributed by atoms with Crippen molar-refractivity contribution in [1.82, 2.24) is 14.6 Å². The molecule has 0 aliphatic rings. The van der Waals surface area contributed by atoms with Crippen LogP contribution in [0.25, 0.3) is 5.65 Å². The summed E-state index contributed by atoms with van der Waals surface area (Å²) in [5.41, 5.74) is 2.13. The van der Waals surface area contributed by atoms with Gasteiger partial charge in [0, 0.05) is 25.1 Å². The molecule has 0 aliphatic carbocycles. The molecule has 0 saturated heterocycles. The van der Waals surface area contributed by atoms with Crippen LogP contribution in [-0.4, -0.2) is 40.4 Å². The van der Waals surface area contributed by atoms with Gasteiger partial charge >= 0.3 is 0 Å². The van der Waals surface area contributed by atoms with Gasteiger partial charge in [0.15, 0.2) is 5.65 Å². The minimum Gasteiger partial charge on any atom is -0.471 e. The molecule has 0 aromatic carbocycles. The van der Waals surface area contributed by atoms with E-state index in [1.165, 1.54) is 38.5 Å². The molecule has 0 aliphatic heterocycles. The fourth-order valence-electron chi connectivity index (χ4n) is 1.95. The van der Waals surface area contributed by atoms with Crippen molar-refractivity contribution in [3.63, 3.8) is 0 Å². The predicted octanol–water partition coefficient (Wildman–Crippen LogP) is 2.81. The molecule has 0 bridgehead atoms. The first-order valence-electron chi connectivity index (χ1n) is 7.44. The molecule has 2 aromatic rings. The molecule has 0 fully saturated rings. The number of aliphatic hydroxyl groups is 1. The van der Waals surface area contributed by atoms with E-state index >= 15 is 0 Å². The third-order valence-corrected chi connectivity index (χ3v) is 3.12. The molecule has 0 saturated carbocycles. The van der Waals surface area contributed by atoms with Crippen LogP contribution < -0.4 is 0 Å². The van der Waals surface area contributed by atoms with Crippen LogP contribution in [0.4, 0.5) is 0 Å². The molecule has 6 heteroatoms. The van der Waals surface area contributed by atoms with E-state index in [9.17, 15) is 0 Å². The van der Waals surface area contributed by atoms with Gasteiger partial charge in [-0.05, 0) is 18.4 Å². The third kappa shape index (κ3) is 7.17. The summed E-state index contributed by atoms with van der Waals surface area (Å²) in [6.45, 7) is 4.87. The van der Waals surface area contributed by atoms with E-state index in [2.05, 4.69) is 34.7 Å². The summed E-state index contributed by atoms with van der Waals surface area (Å²) in [4.78, 5) is 13.6. The molecule has 22 heavy (non-hydrogen) atoms. The number of aromatic nitrogens is 3. The average Bonchev–Trinajstić information content (AvgIpc) is 3.04. The first-order chi connectivity index (χ1) is 10.7. The summed E-state index contributed by atoms with van der Waals surface area (Å²) in [6, 6.07) is 4.03. The van der Waals surface area contributed by atoms with Crippen LogP contribution >= 0.6 is 0 Å². The Morgan fingerprint density at radius 3 is 2.64 bits per heavy atom. The van der Waals surface area contributed by atoms with Crippen LogP contribution in [0.2, 0.25) is 0 Å². The number of aliphatic hydroxyl groups excluding tert-OH is 1. The molecule has 0 amide bonds. The molecule has 1 atom stereocenters. The second kappa shape index (κ2) is 12.8. The standard InChI is InChI=1S/C13H19N3.C2H4O2.CH4O/c1-3-4-5-6-11(2)12-8-10-16-13(15-12)7-9-14-16;1-4-2-3;1-2/h7-11H,3-6H2,1-2H3;2H,1H3;2H,1H3. The number of nitrogens with zero attached hydrogens (tertiary/aromatic N) is 3. The number of methoxy groups -OCH3 is 1. The number of ether oxygens (including phenoxy) is 1. The Bertz CT molecular complexity index is 514. The van der Waals surface area contributed by atoms with E-state index in [1.54, 1.807) is 6.20 Å². The normalized spacial score (nSPS) is 10.8. The molecule has 2 aromatic heterocycles. The zero-order valence-electron chi connectivity index (χ0n) is 13.9. The number of hydrogen-bond acceptors (Lipinski definition) is 5. The largest absolute Gasteiger partial charge is 0.471 e. The number of rotatable bonds is 6. The highest BCUT2D eigenvalue weighted by molar-refractivity contribution is 5.37. The van der Waals surface area contributed by atoms with Gasteiger partial charge in [-0.25, -0.2) is 9.50 Å². The molecule has 0 radical (unpaired) electrons. The minimum absolute atomic E-state index is 0.375. The Morgan fingerprint density at radius 1 is 1.36 bits per heavy atom. The van der Waals surface area contributed by atoms with E-state index in [4.69, 9.17) is 9.90 Å².